The molecular formula is C15H18N4O. The monoisotopic (exact) mass is 270 g/mol. The molecule has 2 aromatic rings. The molecule has 1 amide bonds. The van der Waals surface area contributed by atoms with Gasteiger partial charge in [0.15, 0.2) is 0 Å². The van der Waals surface area contributed by atoms with Gasteiger partial charge in [-0.15, -0.1) is 0 Å². The molecule has 1 aliphatic rings. The van der Waals surface area contributed by atoms with Crippen LogP contribution in [-0.4, -0.2) is 38.7 Å². The third kappa shape index (κ3) is 2.57. The molecule has 1 saturated heterocycles. The summed E-state index contributed by atoms with van der Waals surface area (Å²) in [5, 5.41) is 4.07. The van der Waals surface area contributed by atoms with Gasteiger partial charge in [0.25, 0.3) is 5.91 Å². The molecule has 1 aliphatic heterocycles. The van der Waals surface area contributed by atoms with Crippen LogP contribution in [-0.2, 0) is 7.05 Å². The number of carbonyl (C=O) groups excluding carboxylic acids is 1. The van der Waals surface area contributed by atoms with Crippen molar-refractivity contribution in [2.24, 2.45) is 7.05 Å². The van der Waals surface area contributed by atoms with Crippen LogP contribution in [0.3, 0.4) is 0 Å². The third-order valence-electron chi connectivity index (χ3n) is 3.84. The van der Waals surface area contributed by atoms with E-state index in [2.05, 4.69) is 10.1 Å². The summed E-state index contributed by atoms with van der Waals surface area (Å²) in [5.74, 6) is 0.490. The van der Waals surface area contributed by atoms with Crippen LogP contribution < -0.4 is 0 Å². The molecule has 0 bridgehead atoms. The first-order chi connectivity index (χ1) is 9.74. The molecule has 5 nitrogen and oxygen atoms in total. The lowest BCUT2D eigenvalue weighted by molar-refractivity contribution is 0.0707. The van der Waals surface area contributed by atoms with E-state index in [1.54, 1.807) is 17.1 Å². The molecule has 0 spiro atoms. The van der Waals surface area contributed by atoms with Crippen LogP contribution in [0, 0.1) is 0 Å². The summed E-state index contributed by atoms with van der Waals surface area (Å²) in [7, 11) is 1.83. The quantitative estimate of drug-likeness (QED) is 0.836. The first-order valence-corrected chi connectivity index (χ1v) is 6.92. The van der Waals surface area contributed by atoms with Gasteiger partial charge in [0.1, 0.15) is 0 Å². The van der Waals surface area contributed by atoms with Gasteiger partial charge in [-0.05, 0) is 30.5 Å². The van der Waals surface area contributed by atoms with E-state index < -0.39 is 0 Å². The first-order valence-electron chi connectivity index (χ1n) is 6.92. The molecule has 0 saturated carbocycles. The molecule has 1 atom stereocenters. The van der Waals surface area contributed by atoms with Crippen molar-refractivity contribution in [1.82, 2.24) is 19.7 Å². The summed E-state index contributed by atoms with van der Waals surface area (Å²) >= 11 is 0. The molecule has 0 radical (unpaired) electrons. The van der Waals surface area contributed by atoms with E-state index >= 15 is 0 Å². The maximum atomic E-state index is 12.5. The van der Waals surface area contributed by atoms with Gasteiger partial charge in [-0.3, -0.25) is 14.5 Å². The van der Waals surface area contributed by atoms with Gasteiger partial charge >= 0.3 is 0 Å². The minimum Gasteiger partial charge on any atom is -0.338 e. The Bertz CT molecular complexity index is 593. The Kier molecular flexibility index (Phi) is 3.50. The van der Waals surface area contributed by atoms with E-state index in [0.29, 0.717) is 11.5 Å². The molecular weight excluding hydrogens is 252 g/mol. The van der Waals surface area contributed by atoms with Crippen LogP contribution in [0.4, 0.5) is 0 Å². The Hall–Kier alpha value is -2.17. The lowest BCUT2D eigenvalue weighted by Gasteiger charge is -2.32. The highest BCUT2D eigenvalue weighted by atomic mass is 16.2. The second-order valence-electron chi connectivity index (χ2n) is 5.27. The molecule has 1 fully saturated rings. The average molecular weight is 270 g/mol. The fraction of sp³-hybridized carbons (Fsp3) is 0.400. The van der Waals surface area contributed by atoms with Crippen molar-refractivity contribution in [3.05, 3.63) is 48.0 Å². The van der Waals surface area contributed by atoms with Crippen LogP contribution in [0.15, 0.2) is 36.9 Å². The standard InChI is InChI=1S/C15H18N4O/c1-18-10-14(9-17-18)15(20)19-8-2-3-13(11-19)12-4-6-16-7-5-12/h4-7,9-10,13H,2-3,8,11H2,1H3. The lowest BCUT2D eigenvalue weighted by atomic mass is 9.91. The Labute approximate surface area is 118 Å². The lowest BCUT2D eigenvalue weighted by Crippen LogP contribution is -2.39. The number of piperidine rings is 1. The number of hydrogen-bond donors (Lipinski definition) is 0. The molecule has 104 valence electrons. The zero-order chi connectivity index (χ0) is 13.9. The fourth-order valence-corrected chi connectivity index (χ4v) is 2.78. The number of hydrogen-bond acceptors (Lipinski definition) is 3. The molecule has 3 heterocycles. The number of likely N-dealkylation sites (tertiary alicyclic amines) is 1. The highest BCUT2D eigenvalue weighted by Crippen LogP contribution is 2.27. The van der Waals surface area contributed by atoms with Gasteiger partial charge in [0, 0.05) is 44.6 Å². The van der Waals surface area contributed by atoms with Crippen molar-refractivity contribution in [1.29, 1.82) is 0 Å². The predicted molar refractivity (Wildman–Crippen MR) is 75.3 cm³/mol. The van der Waals surface area contributed by atoms with Crippen LogP contribution in [0.2, 0.25) is 0 Å². The van der Waals surface area contributed by atoms with E-state index in [1.165, 1.54) is 5.56 Å². The smallest absolute Gasteiger partial charge is 0.257 e. The van der Waals surface area contributed by atoms with Crippen LogP contribution in [0.1, 0.15) is 34.7 Å². The maximum absolute atomic E-state index is 12.5. The molecule has 0 aliphatic carbocycles. The van der Waals surface area contributed by atoms with Crippen LogP contribution in [0.25, 0.3) is 0 Å². The van der Waals surface area contributed by atoms with Crippen molar-refractivity contribution in [2.45, 2.75) is 18.8 Å². The van der Waals surface area contributed by atoms with E-state index in [1.807, 2.05) is 36.5 Å². The Morgan fingerprint density at radius 2 is 2.15 bits per heavy atom. The van der Waals surface area contributed by atoms with Crippen LogP contribution in [0.5, 0.6) is 0 Å². The van der Waals surface area contributed by atoms with Crippen molar-refractivity contribution < 1.29 is 4.79 Å². The summed E-state index contributed by atoms with van der Waals surface area (Å²) < 4.78 is 1.66. The predicted octanol–water partition coefficient (Wildman–Crippen LogP) is 1.83. The van der Waals surface area contributed by atoms with Crippen LogP contribution >= 0.6 is 0 Å². The zero-order valence-corrected chi connectivity index (χ0v) is 11.6. The maximum Gasteiger partial charge on any atom is 0.257 e. The van der Waals surface area contributed by atoms with E-state index in [-0.39, 0.29) is 5.91 Å². The molecule has 2 aromatic heterocycles. The number of pyridine rings is 1. The second kappa shape index (κ2) is 5.45. The van der Waals surface area contributed by atoms with Crippen molar-refractivity contribution >= 4 is 5.91 Å². The van der Waals surface area contributed by atoms with Crippen molar-refractivity contribution in [2.75, 3.05) is 13.1 Å². The molecule has 1 unspecified atom stereocenters. The summed E-state index contributed by atoms with van der Waals surface area (Å²) in [5.41, 5.74) is 1.94. The van der Waals surface area contributed by atoms with Gasteiger partial charge in [-0.2, -0.15) is 5.10 Å². The molecule has 20 heavy (non-hydrogen) atoms. The Morgan fingerprint density at radius 3 is 2.85 bits per heavy atom. The van der Waals surface area contributed by atoms with Gasteiger partial charge < -0.3 is 4.90 Å². The minimum atomic E-state index is 0.0804. The minimum absolute atomic E-state index is 0.0804. The topological polar surface area (TPSA) is 51.0 Å². The number of aryl methyl sites for hydroxylation is 1. The molecule has 0 aromatic carbocycles. The molecule has 3 rings (SSSR count). The van der Waals surface area contributed by atoms with Crippen molar-refractivity contribution in [3.8, 4) is 0 Å². The highest BCUT2D eigenvalue weighted by molar-refractivity contribution is 5.93. The average Bonchev–Trinajstić information content (AvgIpc) is 2.94. The SMILES string of the molecule is Cn1cc(C(=O)N2CCCC(c3ccncc3)C2)cn1. The summed E-state index contributed by atoms with van der Waals surface area (Å²) in [6, 6.07) is 4.09. The van der Waals surface area contributed by atoms with Gasteiger partial charge in [-0.25, -0.2) is 0 Å². The Morgan fingerprint density at radius 1 is 1.35 bits per heavy atom. The zero-order valence-electron chi connectivity index (χ0n) is 11.6. The normalized spacial score (nSPS) is 19.1. The fourth-order valence-electron chi connectivity index (χ4n) is 2.78. The largest absolute Gasteiger partial charge is 0.338 e. The number of aromatic nitrogens is 3. The molecule has 0 N–H and O–H groups in total. The third-order valence-corrected chi connectivity index (χ3v) is 3.84. The number of carbonyl (C=O) groups is 1. The van der Waals surface area contributed by atoms with E-state index in [0.717, 1.165) is 25.9 Å². The van der Waals surface area contributed by atoms with Gasteiger partial charge in [0.2, 0.25) is 0 Å². The van der Waals surface area contributed by atoms with E-state index in [9.17, 15) is 4.79 Å². The molecule has 5 heteroatoms. The number of rotatable bonds is 2. The Balaban J connectivity index is 1.74. The van der Waals surface area contributed by atoms with Gasteiger partial charge in [-0.1, -0.05) is 0 Å². The van der Waals surface area contributed by atoms with Crippen molar-refractivity contribution in [3.63, 3.8) is 0 Å². The number of nitrogens with zero attached hydrogens (tertiary/aromatic N) is 4. The number of amides is 1. The van der Waals surface area contributed by atoms with E-state index in [4.69, 9.17) is 0 Å². The summed E-state index contributed by atoms with van der Waals surface area (Å²) in [6.45, 7) is 1.60. The second-order valence-corrected chi connectivity index (χ2v) is 5.27. The highest BCUT2D eigenvalue weighted by Gasteiger charge is 2.25. The first kappa shape index (κ1) is 12.8. The van der Waals surface area contributed by atoms with Gasteiger partial charge in [0.05, 0.1) is 11.8 Å². The summed E-state index contributed by atoms with van der Waals surface area (Å²) in [4.78, 5) is 18.4. The summed E-state index contributed by atoms with van der Waals surface area (Å²) in [6.07, 6.45) is 9.21.